The molecular weight excluding hydrogens is 533 g/mol. The Morgan fingerprint density at radius 2 is 1.67 bits per heavy atom. The molecule has 3 heterocycles. The van der Waals surface area contributed by atoms with Crippen LogP contribution >= 0.6 is 0 Å². The van der Waals surface area contributed by atoms with Crippen molar-refractivity contribution in [2.24, 2.45) is 0 Å². The summed E-state index contributed by atoms with van der Waals surface area (Å²) in [5.41, 5.74) is -0.289. The van der Waals surface area contributed by atoms with Crippen molar-refractivity contribution in [1.82, 2.24) is 19.6 Å². The first-order valence-corrected chi connectivity index (χ1v) is 14.9. The number of piperidine rings is 1. The first-order valence-electron chi connectivity index (χ1n) is 13.1. The quantitative estimate of drug-likeness (QED) is 0.445. The highest BCUT2D eigenvalue weighted by atomic mass is 32.2. The second-order valence-electron chi connectivity index (χ2n) is 11.8. The molecule has 13 heteroatoms. The van der Waals surface area contributed by atoms with E-state index in [2.05, 4.69) is 53.6 Å². The number of hydrogen-bond acceptors (Lipinski definition) is 8. The number of anilines is 3. The van der Waals surface area contributed by atoms with Gasteiger partial charge in [0.1, 0.15) is 6.10 Å². The molecule has 0 aliphatic carbocycles. The molecule has 2 aliphatic heterocycles. The molecule has 0 saturated carbocycles. The maximum absolute atomic E-state index is 14.9. The third-order valence-electron chi connectivity index (χ3n) is 6.92. The fourth-order valence-corrected chi connectivity index (χ4v) is 6.57. The van der Waals surface area contributed by atoms with Crippen molar-refractivity contribution in [2.45, 2.75) is 83.0 Å². The van der Waals surface area contributed by atoms with E-state index in [0.29, 0.717) is 25.8 Å². The molecule has 1 unspecified atom stereocenters. The molecule has 0 amide bonds. The van der Waals surface area contributed by atoms with Crippen molar-refractivity contribution < 1.29 is 26.3 Å². The van der Waals surface area contributed by atoms with Gasteiger partial charge in [0, 0.05) is 48.0 Å². The molecule has 0 radical (unpaired) electrons. The van der Waals surface area contributed by atoms with E-state index in [-0.39, 0.29) is 41.1 Å². The summed E-state index contributed by atoms with van der Waals surface area (Å²) in [5.74, 6) is -3.04. The van der Waals surface area contributed by atoms with Crippen LogP contribution in [0.25, 0.3) is 0 Å². The van der Waals surface area contributed by atoms with Crippen LogP contribution < -0.4 is 20.7 Å². The number of benzene rings is 1. The molecule has 1 atom stereocenters. The van der Waals surface area contributed by atoms with E-state index in [9.17, 15) is 21.6 Å². The molecule has 3 N–H and O–H groups in total. The molecule has 9 nitrogen and oxygen atoms in total. The largest absolute Gasteiger partial charge is 0.484 e. The van der Waals surface area contributed by atoms with Gasteiger partial charge in [0.2, 0.25) is 16.0 Å². The Morgan fingerprint density at radius 1 is 1.03 bits per heavy atom. The highest BCUT2D eigenvalue weighted by Crippen LogP contribution is 2.32. The Kier molecular flexibility index (Phi) is 8.34. The standard InChI is InChI=1S/C26H37F3N6O3S/c1-25(2)13-17(14-26(3,4)34-25)31-23-21(29)15-30-24(33-23)32-16-11-19(27)22(20(28)12-16)38-18-7-6-9-35(10-8-18)39(5,36)37/h11-12,15,17-18,34H,6-10,13-14H2,1-5H3,(H2,30,31,32,33). The Morgan fingerprint density at radius 3 is 2.28 bits per heavy atom. The number of hydrogen-bond donors (Lipinski definition) is 3. The second-order valence-corrected chi connectivity index (χ2v) is 13.7. The summed E-state index contributed by atoms with van der Waals surface area (Å²) in [6, 6.07) is 2.05. The highest BCUT2D eigenvalue weighted by molar-refractivity contribution is 7.88. The summed E-state index contributed by atoms with van der Waals surface area (Å²) in [4.78, 5) is 8.13. The average Bonchev–Trinajstić information content (AvgIpc) is 3.02. The lowest BCUT2D eigenvalue weighted by Crippen LogP contribution is -2.60. The minimum absolute atomic E-state index is 0.00315. The molecule has 2 fully saturated rings. The lowest BCUT2D eigenvalue weighted by Gasteiger charge is -2.46. The molecule has 4 rings (SSSR count). The Bertz CT molecular complexity index is 1270. The minimum atomic E-state index is -3.34. The van der Waals surface area contributed by atoms with Crippen LogP contribution in [0.5, 0.6) is 5.75 Å². The summed E-state index contributed by atoms with van der Waals surface area (Å²) >= 11 is 0. The smallest absolute Gasteiger partial charge is 0.229 e. The van der Waals surface area contributed by atoms with Crippen LogP contribution in [0.15, 0.2) is 18.3 Å². The van der Waals surface area contributed by atoms with Gasteiger partial charge in [-0.25, -0.2) is 30.9 Å². The zero-order chi connectivity index (χ0) is 28.6. The van der Waals surface area contributed by atoms with Crippen molar-refractivity contribution in [2.75, 3.05) is 30.0 Å². The number of ether oxygens (including phenoxy) is 1. The minimum Gasteiger partial charge on any atom is -0.484 e. The predicted octanol–water partition coefficient (Wildman–Crippen LogP) is 4.55. The van der Waals surface area contributed by atoms with E-state index in [1.54, 1.807) is 0 Å². The van der Waals surface area contributed by atoms with Crippen molar-refractivity contribution in [3.05, 3.63) is 35.8 Å². The number of sulfonamides is 1. The maximum Gasteiger partial charge on any atom is 0.229 e. The summed E-state index contributed by atoms with van der Waals surface area (Å²) in [5, 5.41) is 9.47. The van der Waals surface area contributed by atoms with Crippen molar-refractivity contribution >= 4 is 27.5 Å². The number of rotatable bonds is 7. The van der Waals surface area contributed by atoms with Crippen molar-refractivity contribution in [1.29, 1.82) is 0 Å². The number of aromatic nitrogens is 2. The zero-order valence-corrected chi connectivity index (χ0v) is 23.8. The van der Waals surface area contributed by atoms with E-state index in [1.165, 1.54) is 4.31 Å². The normalized spacial score (nSPS) is 22.2. The molecular formula is C26H37F3N6O3S. The van der Waals surface area contributed by atoms with Crippen LogP contribution in [-0.4, -0.2) is 65.3 Å². The van der Waals surface area contributed by atoms with Gasteiger partial charge in [-0.15, -0.1) is 0 Å². The predicted molar refractivity (Wildman–Crippen MR) is 144 cm³/mol. The lowest BCUT2D eigenvalue weighted by atomic mass is 9.79. The molecule has 2 aliphatic rings. The molecule has 39 heavy (non-hydrogen) atoms. The Hall–Kier alpha value is -2.64. The van der Waals surface area contributed by atoms with E-state index in [0.717, 1.165) is 37.4 Å². The Balaban J connectivity index is 1.45. The molecule has 0 spiro atoms. The van der Waals surface area contributed by atoms with Gasteiger partial charge in [-0.05, 0) is 59.8 Å². The lowest BCUT2D eigenvalue weighted by molar-refractivity contribution is 0.169. The topological polar surface area (TPSA) is 108 Å². The Labute approximate surface area is 228 Å². The van der Waals surface area contributed by atoms with Crippen molar-refractivity contribution in [3.63, 3.8) is 0 Å². The summed E-state index contributed by atoms with van der Waals surface area (Å²) < 4.78 is 75.0. The fraction of sp³-hybridized carbons (Fsp3) is 0.615. The molecule has 1 aromatic heterocycles. The van der Waals surface area contributed by atoms with Gasteiger partial charge in [0.15, 0.2) is 29.0 Å². The maximum atomic E-state index is 14.9. The van der Waals surface area contributed by atoms with E-state index >= 15 is 0 Å². The highest BCUT2D eigenvalue weighted by Gasteiger charge is 2.38. The van der Waals surface area contributed by atoms with Gasteiger partial charge >= 0.3 is 0 Å². The molecule has 216 valence electrons. The van der Waals surface area contributed by atoms with Gasteiger partial charge < -0.3 is 20.7 Å². The zero-order valence-electron chi connectivity index (χ0n) is 22.9. The second kappa shape index (κ2) is 11.1. The molecule has 2 aromatic rings. The van der Waals surface area contributed by atoms with Gasteiger partial charge in [-0.1, -0.05) is 0 Å². The summed E-state index contributed by atoms with van der Waals surface area (Å²) in [7, 11) is -3.34. The van der Waals surface area contributed by atoms with Gasteiger partial charge in [-0.3, -0.25) is 0 Å². The van der Waals surface area contributed by atoms with Crippen LogP contribution in [0.2, 0.25) is 0 Å². The van der Waals surface area contributed by atoms with Crippen LogP contribution in [-0.2, 0) is 10.0 Å². The van der Waals surface area contributed by atoms with E-state index in [1.807, 2.05) is 0 Å². The number of nitrogens with one attached hydrogen (secondary N) is 3. The van der Waals surface area contributed by atoms with Crippen LogP contribution in [0.3, 0.4) is 0 Å². The van der Waals surface area contributed by atoms with E-state index < -0.39 is 39.3 Å². The fourth-order valence-electron chi connectivity index (χ4n) is 5.68. The average molecular weight is 571 g/mol. The number of nitrogens with zero attached hydrogens (tertiary/aromatic N) is 3. The van der Waals surface area contributed by atoms with Crippen LogP contribution in [0.1, 0.15) is 59.8 Å². The number of halogens is 3. The first kappa shape index (κ1) is 29.3. The van der Waals surface area contributed by atoms with Gasteiger partial charge in [-0.2, -0.15) is 4.98 Å². The van der Waals surface area contributed by atoms with Gasteiger partial charge in [0.05, 0.1) is 12.5 Å². The monoisotopic (exact) mass is 570 g/mol. The van der Waals surface area contributed by atoms with Crippen LogP contribution in [0.4, 0.5) is 30.6 Å². The summed E-state index contributed by atoms with van der Waals surface area (Å²) in [6.45, 7) is 8.90. The molecule has 1 aromatic carbocycles. The molecule has 0 bridgehead atoms. The van der Waals surface area contributed by atoms with E-state index in [4.69, 9.17) is 4.74 Å². The third-order valence-corrected chi connectivity index (χ3v) is 8.22. The summed E-state index contributed by atoms with van der Waals surface area (Å²) in [6.07, 6.45) is 4.40. The first-order chi connectivity index (χ1) is 18.1. The van der Waals surface area contributed by atoms with Crippen molar-refractivity contribution in [3.8, 4) is 5.75 Å². The SMILES string of the molecule is CC1(C)CC(Nc2nc(Nc3cc(F)c(OC4CCCN(S(C)(=O)=O)CC4)c(F)c3)ncc2F)CC(C)(C)N1. The van der Waals surface area contributed by atoms with Crippen LogP contribution in [0, 0.1) is 17.5 Å². The molecule has 2 saturated heterocycles. The van der Waals surface area contributed by atoms with Gasteiger partial charge in [0.25, 0.3) is 0 Å². The third kappa shape index (κ3) is 7.73.